The van der Waals surface area contributed by atoms with Gasteiger partial charge in [0.1, 0.15) is 5.75 Å². The van der Waals surface area contributed by atoms with Crippen LogP contribution < -0.4 is 4.74 Å². The molecular formula is C16H25NO. The lowest BCUT2D eigenvalue weighted by Gasteiger charge is -2.33. The van der Waals surface area contributed by atoms with Crippen molar-refractivity contribution in [1.82, 2.24) is 4.90 Å². The summed E-state index contributed by atoms with van der Waals surface area (Å²) in [5.74, 6) is 0.944. The van der Waals surface area contributed by atoms with Gasteiger partial charge in [-0.05, 0) is 37.1 Å². The molecule has 0 unspecified atom stereocenters. The third-order valence-electron chi connectivity index (χ3n) is 4.04. The molecule has 1 saturated carbocycles. The molecular weight excluding hydrogens is 222 g/mol. The molecule has 2 heteroatoms. The molecule has 1 aliphatic carbocycles. The van der Waals surface area contributed by atoms with Gasteiger partial charge in [0.25, 0.3) is 0 Å². The predicted octanol–water partition coefficient (Wildman–Crippen LogP) is 3.85. The molecule has 1 aromatic rings. The van der Waals surface area contributed by atoms with Crippen LogP contribution in [0.25, 0.3) is 0 Å². The third-order valence-corrected chi connectivity index (χ3v) is 4.04. The number of methoxy groups -OCH3 is 1. The Labute approximate surface area is 111 Å². The molecule has 0 bridgehead atoms. The van der Waals surface area contributed by atoms with E-state index in [1.165, 1.54) is 37.7 Å². The van der Waals surface area contributed by atoms with Gasteiger partial charge in [0, 0.05) is 12.6 Å². The largest absolute Gasteiger partial charge is 0.497 e. The molecule has 0 spiro atoms. The smallest absolute Gasteiger partial charge is 0.118 e. The molecule has 18 heavy (non-hydrogen) atoms. The lowest BCUT2D eigenvalue weighted by atomic mass is 9.94. The van der Waals surface area contributed by atoms with Gasteiger partial charge in [0.05, 0.1) is 7.11 Å². The van der Waals surface area contributed by atoms with E-state index in [2.05, 4.69) is 36.1 Å². The first-order valence-electron chi connectivity index (χ1n) is 7.20. The summed E-state index contributed by atoms with van der Waals surface area (Å²) in [6.45, 7) is 4.50. The maximum Gasteiger partial charge on any atom is 0.118 e. The van der Waals surface area contributed by atoms with Crippen LogP contribution in [0.3, 0.4) is 0 Å². The second-order valence-corrected chi connectivity index (χ2v) is 5.20. The zero-order chi connectivity index (χ0) is 12.8. The molecule has 0 saturated heterocycles. The highest BCUT2D eigenvalue weighted by atomic mass is 16.5. The molecule has 1 aromatic carbocycles. The molecule has 0 N–H and O–H groups in total. The van der Waals surface area contributed by atoms with Crippen molar-refractivity contribution in [3.8, 4) is 5.75 Å². The van der Waals surface area contributed by atoms with Crippen molar-refractivity contribution in [2.24, 2.45) is 0 Å². The van der Waals surface area contributed by atoms with Crippen molar-refractivity contribution >= 4 is 0 Å². The van der Waals surface area contributed by atoms with Crippen LogP contribution in [0.1, 0.15) is 44.6 Å². The first-order chi connectivity index (χ1) is 8.83. The number of nitrogens with zero attached hydrogens (tertiary/aromatic N) is 1. The fourth-order valence-electron chi connectivity index (χ4n) is 2.91. The Balaban J connectivity index is 1.95. The van der Waals surface area contributed by atoms with Crippen LogP contribution in [0.15, 0.2) is 24.3 Å². The summed E-state index contributed by atoms with van der Waals surface area (Å²) in [6.07, 6.45) is 7.00. The standard InChI is InChI=1S/C16H25NO/c1-3-17(15-7-5-4-6-8-15)13-14-9-11-16(18-2)12-10-14/h9-12,15H,3-8,13H2,1-2H3. The molecule has 0 aromatic heterocycles. The van der Waals surface area contributed by atoms with E-state index < -0.39 is 0 Å². The Hall–Kier alpha value is -1.02. The first kappa shape index (κ1) is 13.4. The average molecular weight is 247 g/mol. The van der Waals surface area contributed by atoms with Crippen LogP contribution in [0.5, 0.6) is 5.75 Å². The van der Waals surface area contributed by atoms with Crippen molar-refractivity contribution in [3.63, 3.8) is 0 Å². The number of benzene rings is 1. The Bertz CT molecular complexity index is 341. The molecule has 2 rings (SSSR count). The van der Waals surface area contributed by atoms with Crippen molar-refractivity contribution in [2.45, 2.75) is 51.6 Å². The minimum atomic E-state index is 0.797. The van der Waals surface area contributed by atoms with Gasteiger partial charge in [-0.25, -0.2) is 0 Å². The van der Waals surface area contributed by atoms with Crippen LogP contribution >= 0.6 is 0 Å². The summed E-state index contributed by atoms with van der Waals surface area (Å²) in [6, 6.07) is 9.29. The van der Waals surface area contributed by atoms with Gasteiger partial charge >= 0.3 is 0 Å². The van der Waals surface area contributed by atoms with E-state index in [4.69, 9.17) is 4.74 Å². The predicted molar refractivity (Wildman–Crippen MR) is 76.0 cm³/mol. The SMILES string of the molecule is CCN(Cc1ccc(OC)cc1)C1CCCCC1. The van der Waals surface area contributed by atoms with Crippen molar-refractivity contribution in [2.75, 3.05) is 13.7 Å². The highest BCUT2D eigenvalue weighted by Gasteiger charge is 2.19. The van der Waals surface area contributed by atoms with Gasteiger partial charge in [0.15, 0.2) is 0 Å². The summed E-state index contributed by atoms with van der Waals surface area (Å²) in [5, 5.41) is 0. The average Bonchev–Trinajstić information content (AvgIpc) is 2.46. The van der Waals surface area contributed by atoms with E-state index in [0.29, 0.717) is 0 Å². The Morgan fingerprint density at radius 2 is 1.78 bits per heavy atom. The summed E-state index contributed by atoms with van der Waals surface area (Å²) < 4.78 is 5.20. The summed E-state index contributed by atoms with van der Waals surface area (Å²) >= 11 is 0. The molecule has 0 aliphatic heterocycles. The van der Waals surface area contributed by atoms with Gasteiger partial charge in [-0.3, -0.25) is 4.90 Å². The quantitative estimate of drug-likeness (QED) is 0.783. The maximum absolute atomic E-state index is 5.20. The molecule has 0 atom stereocenters. The van der Waals surface area contributed by atoms with Crippen molar-refractivity contribution in [3.05, 3.63) is 29.8 Å². The van der Waals surface area contributed by atoms with Gasteiger partial charge in [-0.1, -0.05) is 38.3 Å². The van der Waals surface area contributed by atoms with Gasteiger partial charge in [0.2, 0.25) is 0 Å². The van der Waals surface area contributed by atoms with E-state index in [9.17, 15) is 0 Å². The molecule has 100 valence electrons. The first-order valence-corrected chi connectivity index (χ1v) is 7.20. The minimum Gasteiger partial charge on any atom is -0.497 e. The van der Waals surface area contributed by atoms with E-state index in [1.54, 1.807) is 7.11 Å². The Morgan fingerprint density at radius 3 is 2.33 bits per heavy atom. The zero-order valence-electron chi connectivity index (χ0n) is 11.7. The second kappa shape index (κ2) is 6.79. The van der Waals surface area contributed by atoms with E-state index in [-0.39, 0.29) is 0 Å². The molecule has 1 fully saturated rings. The van der Waals surface area contributed by atoms with Crippen LogP contribution in [0.4, 0.5) is 0 Å². The number of hydrogen-bond donors (Lipinski definition) is 0. The topological polar surface area (TPSA) is 12.5 Å². The summed E-state index contributed by atoms with van der Waals surface area (Å²) in [5.41, 5.74) is 1.39. The third kappa shape index (κ3) is 3.49. The normalized spacial score (nSPS) is 17.1. The molecule has 1 aliphatic rings. The summed E-state index contributed by atoms with van der Waals surface area (Å²) in [4.78, 5) is 2.63. The fraction of sp³-hybridized carbons (Fsp3) is 0.625. The van der Waals surface area contributed by atoms with Gasteiger partial charge in [-0.15, -0.1) is 0 Å². The Morgan fingerprint density at radius 1 is 1.11 bits per heavy atom. The monoisotopic (exact) mass is 247 g/mol. The highest BCUT2D eigenvalue weighted by Crippen LogP contribution is 2.24. The second-order valence-electron chi connectivity index (χ2n) is 5.20. The van der Waals surface area contributed by atoms with Crippen LogP contribution in [-0.2, 0) is 6.54 Å². The highest BCUT2D eigenvalue weighted by molar-refractivity contribution is 5.27. The Kier molecular flexibility index (Phi) is 5.06. The molecule has 0 radical (unpaired) electrons. The lowest BCUT2D eigenvalue weighted by Crippen LogP contribution is -2.36. The molecule has 2 nitrogen and oxygen atoms in total. The number of hydrogen-bond acceptors (Lipinski definition) is 2. The molecule has 0 heterocycles. The van der Waals surface area contributed by atoms with Crippen LogP contribution in [-0.4, -0.2) is 24.6 Å². The lowest BCUT2D eigenvalue weighted by molar-refractivity contribution is 0.156. The van der Waals surface area contributed by atoms with Crippen molar-refractivity contribution < 1.29 is 4.74 Å². The van der Waals surface area contributed by atoms with Gasteiger partial charge < -0.3 is 4.74 Å². The van der Waals surface area contributed by atoms with Crippen LogP contribution in [0, 0.1) is 0 Å². The van der Waals surface area contributed by atoms with Gasteiger partial charge in [-0.2, -0.15) is 0 Å². The van der Waals surface area contributed by atoms with E-state index >= 15 is 0 Å². The van der Waals surface area contributed by atoms with E-state index in [1.807, 2.05) is 0 Å². The maximum atomic E-state index is 5.20. The zero-order valence-corrected chi connectivity index (χ0v) is 11.7. The minimum absolute atomic E-state index is 0.797. The number of rotatable bonds is 5. The summed E-state index contributed by atoms with van der Waals surface area (Å²) in [7, 11) is 1.72. The van der Waals surface area contributed by atoms with Crippen molar-refractivity contribution in [1.29, 1.82) is 0 Å². The number of ether oxygens (including phenoxy) is 1. The fourth-order valence-corrected chi connectivity index (χ4v) is 2.91. The molecule has 0 amide bonds. The van der Waals surface area contributed by atoms with Crippen LogP contribution in [0.2, 0.25) is 0 Å². The van der Waals surface area contributed by atoms with E-state index in [0.717, 1.165) is 24.9 Å².